The molecule has 1 aromatic carbocycles. The minimum atomic E-state index is -0.457. The van der Waals surface area contributed by atoms with Crippen molar-refractivity contribution in [2.75, 3.05) is 4.90 Å². The second kappa shape index (κ2) is 5.96. The van der Waals surface area contributed by atoms with Gasteiger partial charge in [0.25, 0.3) is 0 Å². The molecule has 0 saturated heterocycles. The summed E-state index contributed by atoms with van der Waals surface area (Å²) >= 11 is 6.64. The first-order chi connectivity index (χ1) is 11.2. The monoisotopic (exact) mass is 347 g/mol. The Morgan fingerprint density at radius 2 is 1.79 bits per heavy atom. The lowest BCUT2D eigenvalue weighted by molar-refractivity contribution is 0.305. The van der Waals surface area contributed by atoms with Gasteiger partial charge in [0.1, 0.15) is 5.66 Å². The van der Waals surface area contributed by atoms with E-state index in [2.05, 4.69) is 36.8 Å². The molecule has 1 spiro atoms. The van der Waals surface area contributed by atoms with E-state index in [4.69, 9.17) is 23.1 Å². The molecule has 3 rings (SSSR count). The van der Waals surface area contributed by atoms with Gasteiger partial charge in [-0.25, -0.2) is 4.99 Å². The van der Waals surface area contributed by atoms with Crippen molar-refractivity contribution in [1.29, 1.82) is 0 Å². The van der Waals surface area contributed by atoms with E-state index in [0.29, 0.717) is 11.0 Å². The van der Waals surface area contributed by atoms with E-state index < -0.39 is 5.66 Å². The standard InChI is InChI=1S/C18H26ClN5/c1-17(2,3)12-7-8-14(13(19)11-12)24-16(21)22-15(20)23-18(24)9-5-4-6-10-18/h7-8,11H,4-6,9-10H2,1-3H3,(H4,20,21,22,23). The van der Waals surface area contributed by atoms with Gasteiger partial charge in [-0.1, -0.05) is 44.9 Å². The summed E-state index contributed by atoms with van der Waals surface area (Å²) in [5.41, 5.74) is 13.8. The summed E-state index contributed by atoms with van der Waals surface area (Å²) in [5.74, 6) is 0.628. The Hall–Kier alpha value is -1.75. The molecule has 4 N–H and O–H groups in total. The van der Waals surface area contributed by atoms with E-state index in [1.807, 2.05) is 17.0 Å². The molecule has 130 valence electrons. The maximum Gasteiger partial charge on any atom is 0.220 e. The summed E-state index contributed by atoms with van der Waals surface area (Å²) < 4.78 is 0. The van der Waals surface area contributed by atoms with Crippen LogP contribution in [0.25, 0.3) is 0 Å². The number of nitrogens with zero attached hydrogens (tertiary/aromatic N) is 3. The van der Waals surface area contributed by atoms with Crippen molar-refractivity contribution in [2.45, 2.75) is 64.0 Å². The van der Waals surface area contributed by atoms with Gasteiger partial charge < -0.3 is 11.5 Å². The quantitative estimate of drug-likeness (QED) is 0.811. The molecule has 1 fully saturated rings. The molecule has 0 bridgehead atoms. The van der Waals surface area contributed by atoms with Crippen LogP contribution in [0, 0.1) is 0 Å². The molecule has 24 heavy (non-hydrogen) atoms. The van der Waals surface area contributed by atoms with Crippen molar-refractivity contribution in [3.63, 3.8) is 0 Å². The minimum Gasteiger partial charge on any atom is -0.369 e. The third-order valence-corrected chi connectivity index (χ3v) is 5.21. The van der Waals surface area contributed by atoms with Crippen LogP contribution in [-0.4, -0.2) is 17.6 Å². The van der Waals surface area contributed by atoms with E-state index in [9.17, 15) is 0 Å². The number of guanidine groups is 2. The largest absolute Gasteiger partial charge is 0.369 e. The fourth-order valence-corrected chi connectivity index (χ4v) is 3.89. The summed E-state index contributed by atoms with van der Waals surface area (Å²) in [7, 11) is 0. The van der Waals surface area contributed by atoms with Crippen LogP contribution < -0.4 is 16.4 Å². The molecule has 6 heteroatoms. The number of anilines is 1. The molecule has 0 amide bonds. The van der Waals surface area contributed by atoms with Gasteiger partial charge in [-0.05, 0) is 48.8 Å². The Balaban J connectivity index is 2.07. The summed E-state index contributed by atoms with van der Waals surface area (Å²) in [6.45, 7) is 6.51. The highest BCUT2D eigenvalue weighted by Gasteiger charge is 2.43. The number of nitrogens with two attached hydrogens (primary N) is 2. The van der Waals surface area contributed by atoms with Crippen molar-refractivity contribution in [3.8, 4) is 0 Å². The summed E-state index contributed by atoms with van der Waals surface area (Å²) in [4.78, 5) is 10.9. The number of benzene rings is 1. The molecule has 1 aliphatic heterocycles. The van der Waals surface area contributed by atoms with Gasteiger partial charge in [0.15, 0.2) is 0 Å². The molecule has 1 aromatic rings. The van der Waals surface area contributed by atoms with Crippen molar-refractivity contribution in [2.24, 2.45) is 21.5 Å². The van der Waals surface area contributed by atoms with Crippen molar-refractivity contribution >= 4 is 29.2 Å². The third kappa shape index (κ3) is 2.97. The number of aliphatic imine (C=N–C) groups is 2. The fourth-order valence-electron chi connectivity index (χ4n) is 3.62. The third-order valence-electron chi connectivity index (χ3n) is 4.91. The van der Waals surface area contributed by atoms with Gasteiger partial charge in [-0.2, -0.15) is 4.99 Å². The Morgan fingerprint density at radius 3 is 2.38 bits per heavy atom. The molecular weight excluding hydrogens is 322 g/mol. The second-order valence-corrected chi connectivity index (χ2v) is 8.14. The lowest BCUT2D eigenvalue weighted by Gasteiger charge is -2.46. The van der Waals surface area contributed by atoms with Crippen LogP contribution in [-0.2, 0) is 5.41 Å². The average molecular weight is 348 g/mol. The van der Waals surface area contributed by atoms with Crippen LogP contribution in [0.15, 0.2) is 28.2 Å². The topological polar surface area (TPSA) is 80.0 Å². The molecular formula is C18H26ClN5. The van der Waals surface area contributed by atoms with Gasteiger partial charge in [-0.3, -0.25) is 4.90 Å². The Labute approximate surface area is 148 Å². The number of hydrogen-bond donors (Lipinski definition) is 2. The highest BCUT2D eigenvalue weighted by Crippen LogP contribution is 2.42. The minimum absolute atomic E-state index is 0.0365. The Bertz CT molecular complexity index is 696. The van der Waals surface area contributed by atoms with E-state index in [1.54, 1.807) is 0 Å². The second-order valence-electron chi connectivity index (χ2n) is 7.73. The van der Waals surface area contributed by atoms with Crippen molar-refractivity contribution < 1.29 is 0 Å². The van der Waals surface area contributed by atoms with E-state index in [0.717, 1.165) is 31.4 Å². The highest BCUT2D eigenvalue weighted by atomic mass is 35.5. The maximum atomic E-state index is 6.64. The zero-order valence-electron chi connectivity index (χ0n) is 14.6. The fraction of sp³-hybridized carbons (Fsp3) is 0.556. The molecule has 0 unspecified atom stereocenters. The first-order valence-electron chi connectivity index (χ1n) is 8.53. The van der Waals surface area contributed by atoms with Gasteiger partial charge in [0, 0.05) is 0 Å². The van der Waals surface area contributed by atoms with Gasteiger partial charge in [0.2, 0.25) is 11.9 Å². The lowest BCUT2D eigenvalue weighted by Crippen LogP contribution is -2.58. The Kier molecular flexibility index (Phi) is 4.24. The van der Waals surface area contributed by atoms with Crippen LogP contribution in [0.5, 0.6) is 0 Å². The normalized spacial score (nSPS) is 20.8. The van der Waals surface area contributed by atoms with Crippen LogP contribution >= 0.6 is 11.6 Å². The Morgan fingerprint density at radius 1 is 1.12 bits per heavy atom. The zero-order chi connectivity index (χ0) is 17.5. The van der Waals surface area contributed by atoms with Gasteiger partial charge in [-0.15, -0.1) is 0 Å². The predicted molar refractivity (Wildman–Crippen MR) is 102 cm³/mol. The van der Waals surface area contributed by atoms with Crippen LogP contribution in [0.1, 0.15) is 58.4 Å². The SMILES string of the molecule is CC(C)(C)c1ccc(N2C(N)=NC(N)=NC23CCCCC3)c(Cl)c1. The maximum absolute atomic E-state index is 6.64. The van der Waals surface area contributed by atoms with Crippen LogP contribution in [0.2, 0.25) is 5.02 Å². The molecule has 1 aliphatic carbocycles. The summed E-state index contributed by atoms with van der Waals surface area (Å²) in [5, 5.41) is 0.668. The van der Waals surface area contributed by atoms with E-state index in [1.165, 1.54) is 12.0 Å². The summed E-state index contributed by atoms with van der Waals surface area (Å²) in [6, 6.07) is 6.15. The molecule has 0 atom stereocenters. The first kappa shape index (κ1) is 17.1. The number of hydrogen-bond acceptors (Lipinski definition) is 5. The number of rotatable bonds is 1. The molecule has 2 aliphatic rings. The molecule has 1 saturated carbocycles. The zero-order valence-corrected chi connectivity index (χ0v) is 15.4. The molecule has 0 aromatic heterocycles. The molecule has 5 nitrogen and oxygen atoms in total. The average Bonchev–Trinajstić information content (AvgIpc) is 2.47. The van der Waals surface area contributed by atoms with E-state index in [-0.39, 0.29) is 11.4 Å². The van der Waals surface area contributed by atoms with E-state index >= 15 is 0 Å². The van der Waals surface area contributed by atoms with Gasteiger partial charge >= 0.3 is 0 Å². The summed E-state index contributed by atoms with van der Waals surface area (Å²) in [6.07, 6.45) is 5.21. The highest BCUT2D eigenvalue weighted by molar-refractivity contribution is 6.34. The van der Waals surface area contributed by atoms with Crippen LogP contribution in [0.4, 0.5) is 5.69 Å². The lowest BCUT2D eigenvalue weighted by atomic mass is 9.85. The van der Waals surface area contributed by atoms with Crippen molar-refractivity contribution in [1.82, 2.24) is 0 Å². The smallest absolute Gasteiger partial charge is 0.220 e. The molecule has 1 heterocycles. The van der Waals surface area contributed by atoms with Gasteiger partial charge in [0.05, 0.1) is 10.7 Å². The first-order valence-corrected chi connectivity index (χ1v) is 8.90. The predicted octanol–water partition coefficient (Wildman–Crippen LogP) is 3.75. The van der Waals surface area contributed by atoms with Crippen molar-refractivity contribution in [3.05, 3.63) is 28.8 Å². The molecule has 0 radical (unpaired) electrons. The number of halogens is 1. The van der Waals surface area contributed by atoms with Crippen LogP contribution in [0.3, 0.4) is 0 Å².